The van der Waals surface area contributed by atoms with Crippen molar-refractivity contribution in [3.63, 3.8) is 0 Å². The number of amides is 2. The first-order valence-corrected chi connectivity index (χ1v) is 14.4. The molecule has 4 rings (SSSR count). The van der Waals surface area contributed by atoms with E-state index >= 15 is 0 Å². The van der Waals surface area contributed by atoms with Gasteiger partial charge in [-0.3, -0.25) is 9.59 Å². The molecule has 204 valence electrons. The zero-order chi connectivity index (χ0) is 28.2. The third kappa shape index (κ3) is 6.49. The molecule has 3 N–H and O–H groups in total. The van der Waals surface area contributed by atoms with Gasteiger partial charge in [-0.15, -0.1) is 0 Å². The number of likely N-dealkylation sites (N-methyl/N-ethyl adjacent to an activating group) is 1. The molecule has 0 spiro atoms. The number of fused-ring (bicyclic) bond motifs is 1. The van der Waals surface area contributed by atoms with Crippen molar-refractivity contribution in [2.45, 2.75) is 32.2 Å². The molecule has 0 saturated carbocycles. The van der Waals surface area contributed by atoms with Crippen molar-refractivity contribution >= 4 is 51.2 Å². The summed E-state index contributed by atoms with van der Waals surface area (Å²) in [5.74, 6) is -0.899. The van der Waals surface area contributed by atoms with Crippen LogP contribution in [0.25, 0.3) is 22.3 Å². The van der Waals surface area contributed by atoms with Crippen LogP contribution in [0.5, 0.6) is 0 Å². The van der Waals surface area contributed by atoms with Gasteiger partial charge in [0, 0.05) is 34.8 Å². The van der Waals surface area contributed by atoms with Crippen LogP contribution in [0.3, 0.4) is 0 Å². The molecule has 2 amide bonds. The molecule has 0 fully saturated rings. The molecule has 0 bridgehead atoms. The van der Waals surface area contributed by atoms with Crippen LogP contribution in [0.1, 0.15) is 47.3 Å². The standard InChI is InChI=1S/C31H32F2IN3O2/c1-31(2,18-32)37-29(38)22-6-4-5-20(15-22)25-17-26-21(16-27(25)36-14-13-34)9-12-24(28(26)30(39)35-3)19-7-10-23(33)11-8-19/h4-8,10-11,15-17,36H,9,12-14,18H2,1-3H3,(H,35,39)(H,37,38). The number of halogens is 3. The van der Waals surface area contributed by atoms with Crippen molar-refractivity contribution in [3.8, 4) is 11.1 Å². The summed E-state index contributed by atoms with van der Waals surface area (Å²) in [6.07, 6.45) is 1.37. The van der Waals surface area contributed by atoms with Gasteiger partial charge in [-0.05, 0) is 90.9 Å². The van der Waals surface area contributed by atoms with Gasteiger partial charge in [0.05, 0.1) is 11.1 Å². The highest BCUT2D eigenvalue weighted by atomic mass is 127. The minimum atomic E-state index is -0.976. The van der Waals surface area contributed by atoms with Crippen LogP contribution in [-0.2, 0) is 11.2 Å². The number of rotatable bonds is 9. The summed E-state index contributed by atoms with van der Waals surface area (Å²) in [5, 5.41) is 9.01. The summed E-state index contributed by atoms with van der Waals surface area (Å²) in [7, 11) is 1.60. The Kier molecular flexibility index (Phi) is 9.04. The minimum absolute atomic E-state index is 0.212. The van der Waals surface area contributed by atoms with E-state index in [0.717, 1.165) is 56.5 Å². The van der Waals surface area contributed by atoms with Crippen molar-refractivity contribution in [1.29, 1.82) is 0 Å². The molecule has 0 atom stereocenters. The van der Waals surface area contributed by atoms with Crippen molar-refractivity contribution in [3.05, 3.63) is 88.7 Å². The number of hydrogen-bond acceptors (Lipinski definition) is 3. The largest absolute Gasteiger partial charge is 0.384 e. The SMILES string of the molecule is CNC(=O)C1=C(c2ccc(F)cc2)CCc2cc(NCCI)c(-c3cccc(C(=O)NC(C)(C)CF)c3)cc21. The van der Waals surface area contributed by atoms with E-state index < -0.39 is 12.2 Å². The first kappa shape index (κ1) is 28.7. The Morgan fingerprint density at radius 1 is 0.949 bits per heavy atom. The predicted octanol–water partition coefficient (Wildman–Crippen LogP) is 6.42. The molecule has 3 aromatic carbocycles. The maximum atomic E-state index is 13.7. The van der Waals surface area contributed by atoms with Gasteiger partial charge in [0.15, 0.2) is 0 Å². The maximum absolute atomic E-state index is 13.7. The summed E-state index contributed by atoms with van der Waals surface area (Å²) < 4.78 is 27.9. The quantitative estimate of drug-likeness (QED) is 0.186. The van der Waals surface area contributed by atoms with Crippen molar-refractivity contribution in [2.75, 3.05) is 30.0 Å². The van der Waals surface area contributed by atoms with Gasteiger partial charge in [0.1, 0.15) is 12.5 Å². The molecule has 39 heavy (non-hydrogen) atoms. The lowest BCUT2D eigenvalue weighted by Crippen LogP contribution is -2.45. The van der Waals surface area contributed by atoms with Crippen LogP contribution < -0.4 is 16.0 Å². The van der Waals surface area contributed by atoms with Gasteiger partial charge < -0.3 is 16.0 Å². The Morgan fingerprint density at radius 2 is 1.69 bits per heavy atom. The van der Waals surface area contributed by atoms with E-state index in [4.69, 9.17) is 0 Å². The number of allylic oxidation sites excluding steroid dienone is 1. The summed E-state index contributed by atoms with van der Waals surface area (Å²) in [5.41, 5.74) is 6.08. The van der Waals surface area contributed by atoms with E-state index in [1.807, 2.05) is 12.1 Å². The number of anilines is 1. The van der Waals surface area contributed by atoms with Crippen LogP contribution in [0, 0.1) is 5.82 Å². The lowest BCUT2D eigenvalue weighted by atomic mass is 9.80. The van der Waals surface area contributed by atoms with Crippen LogP contribution in [0.2, 0.25) is 0 Å². The fourth-order valence-electron chi connectivity index (χ4n) is 4.76. The molecule has 8 heteroatoms. The molecule has 5 nitrogen and oxygen atoms in total. The Hall–Kier alpha value is -3.27. The smallest absolute Gasteiger partial charge is 0.251 e. The monoisotopic (exact) mass is 643 g/mol. The zero-order valence-electron chi connectivity index (χ0n) is 22.3. The predicted molar refractivity (Wildman–Crippen MR) is 162 cm³/mol. The highest BCUT2D eigenvalue weighted by molar-refractivity contribution is 14.1. The van der Waals surface area contributed by atoms with Crippen molar-refractivity contribution in [1.82, 2.24) is 10.6 Å². The van der Waals surface area contributed by atoms with Gasteiger partial charge in [-0.25, -0.2) is 8.78 Å². The minimum Gasteiger partial charge on any atom is -0.384 e. The third-order valence-corrected chi connectivity index (χ3v) is 7.28. The lowest BCUT2D eigenvalue weighted by molar-refractivity contribution is -0.115. The average molecular weight is 644 g/mol. The lowest BCUT2D eigenvalue weighted by Gasteiger charge is -2.26. The van der Waals surface area contributed by atoms with Crippen molar-refractivity contribution < 1.29 is 18.4 Å². The second-order valence-corrected chi connectivity index (χ2v) is 11.2. The van der Waals surface area contributed by atoms with E-state index in [9.17, 15) is 18.4 Å². The summed E-state index contributed by atoms with van der Waals surface area (Å²) in [4.78, 5) is 26.2. The normalized spacial score (nSPS) is 13.1. The average Bonchev–Trinajstić information content (AvgIpc) is 2.94. The Balaban J connectivity index is 1.87. The number of aryl methyl sites for hydroxylation is 1. The number of nitrogens with one attached hydrogen (secondary N) is 3. The van der Waals surface area contributed by atoms with Gasteiger partial charge >= 0.3 is 0 Å². The number of carbonyl (C=O) groups is 2. The maximum Gasteiger partial charge on any atom is 0.251 e. The summed E-state index contributed by atoms with van der Waals surface area (Å²) >= 11 is 2.31. The second kappa shape index (κ2) is 12.3. The molecule has 1 aliphatic rings. The van der Waals surface area contributed by atoms with Gasteiger partial charge in [-0.1, -0.05) is 46.9 Å². The summed E-state index contributed by atoms with van der Waals surface area (Å²) in [6.45, 7) is 3.33. The highest BCUT2D eigenvalue weighted by Crippen LogP contribution is 2.42. The molecular formula is C31H32F2IN3O2. The number of alkyl halides is 2. The first-order valence-electron chi connectivity index (χ1n) is 12.8. The number of carbonyl (C=O) groups excluding carboxylic acids is 2. The molecule has 0 radical (unpaired) electrons. The zero-order valence-corrected chi connectivity index (χ0v) is 24.4. The van der Waals surface area contributed by atoms with E-state index in [-0.39, 0.29) is 17.6 Å². The second-order valence-electron chi connectivity index (χ2n) is 10.2. The number of benzene rings is 3. The van der Waals surface area contributed by atoms with Crippen LogP contribution >= 0.6 is 22.6 Å². The first-order chi connectivity index (χ1) is 18.7. The molecule has 0 heterocycles. The van der Waals surface area contributed by atoms with E-state index in [1.54, 1.807) is 51.2 Å². The summed E-state index contributed by atoms with van der Waals surface area (Å²) in [6, 6.07) is 17.5. The Bertz CT molecular complexity index is 1420. The molecule has 0 aliphatic heterocycles. The Morgan fingerprint density at radius 3 is 2.36 bits per heavy atom. The molecule has 0 aromatic heterocycles. The Labute approximate surface area is 241 Å². The van der Waals surface area contributed by atoms with Gasteiger partial charge in [0.25, 0.3) is 11.8 Å². The van der Waals surface area contributed by atoms with Crippen LogP contribution in [0.15, 0.2) is 60.7 Å². The van der Waals surface area contributed by atoms with Crippen molar-refractivity contribution in [2.24, 2.45) is 0 Å². The number of hydrogen-bond donors (Lipinski definition) is 3. The molecule has 3 aromatic rings. The molecule has 0 saturated heterocycles. The van der Waals surface area contributed by atoms with Crippen LogP contribution in [0.4, 0.5) is 14.5 Å². The molecule has 0 unspecified atom stereocenters. The van der Waals surface area contributed by atoms with E-state index in [2.05, 4.69) is 44.6 Å². The van der Waals surface area contributed by atoms with E-state index in [1.165, 1.54) is 12.1 Å². The van der Waals surface area contributed by atoms with Gasteiger partial charge in [0.2, 0.25) is 0 Å². The van der Waals surface area contributed by atoms with Gasteiger partial charge in [-0.2, -0.15) is 0 Å². The highest BCUT2D eigenvalue weighted by Gasteiger charge is 2.27. The molecular weight excluding hydrogens is 611 g/mol. The van der Waals surface area contributed by atoms with Crippen LogP contribution in [-0.4, -0.2) is 42.0 Å². The fourth-order valence-corrected chi connectivity index (χ4v) is 5.03. The fraction of sp³-hybridized carbons (Fsp3) is 0.290. The molecule has 1 aliphatic carbocycles. The van der Waals surface area contributed by atoms with E-state index in [0.29, 0.717) is 17.6 Å². The topological polar surface area (TPSA) is 70.2 Å². The third-order valence-electron chi connectivity index (χ3n) is 6.74.